The molecule has 118 valence electrons. The van der Waals surface area contributed by atoms with Gasteiger partial charge in [-0.25, -0.2) is 0 Å². The molecule has 0 aliphatic carbocycles. The Morgan fingerprint density at radius 1 is 1.00 bits per heavy atom. The van der Waals surface area contributed by atoms with E-state index in [0.29, 0.717) is 12.1 Å². The Hall–Kier alpha value is -1.84. The normalized spacial score (nSPS) is 31.2. The van der Waals surface area contributed by atoms with Gasteiger partial charge in [-0.3, -0.25) is 0 Å². The SMILES string of the molecule is CN1C2CCC1CC(O)(c1ccc3oc4ccccc4c3c1)C2. The van der Waals surface area contributed by atoms with Gasteiger partial charge in [0.25, 0.3) is 0 Å². The molecule has 3 aromatic rings. The van der Waals surface area contributed by atoms with Crippen molar-refractivity contribution in [2.45, 2.75) is 43.4 Å². The third-order valence-electron chi connectivity index (χ3n) is 6.05. The lowest BCUT2D eigenvalue weighted by Crippen LogP contribution is -2.47. The van der Waals surface area contributed by atoms with Gasteiger partial charge in [0.05, 0.1) is 5.60 Å². The first-order valence-electron chi connectivity index (χ1n) is 8.50. The molecule has 2 bridgehead atoms. The molecular weight excluding hydrogens is 286 g/mol. The zero-order valence-corrected chi connectivity index (χ0v) is 13.3. The molecule has 1 aromatic heterocycles. The fraction of sp³-hybridized carbons (Fsp3) is 0.400. The third kappa shape index (κ3) is 1.90. The molecule has 0 spiro atoms. The Morgan fingerprint density at radius 3 is 2.48 bits per heavy atom. The van der Waals surface area contributed by atoms with Crippen molar-refractivity contribution >= 4 is 21.9 Å². The van der Waals surface area contributed by atoms with Gasteiger partial charge in [0.15, 0.2) is 0 Å². The van der Waals surface area contributed by atoms with Gasteiger partial charge < -0.3 is 14.4 Å². The fourth-order valence-corrected chi connectivity index (χ4v) is 4.70. The second-order valence-electron chi connectivity index (χ2n) is 7.30. The minimum absolute atomic E-state index is 0.510. The predicted molar refractivity (Wildman–Crippen MR) is 91.4 cm³/mol. The predicted octanol–water partition coefficient (Wildman–Crippen LogP) is 4.03. The van der Waals surface area contributed by atoms with Crippen molar-refractivity contribution < 1.29 is 9.52 Å². The van der Waals surface area contributed by atoms with Crippen LogP contribution in [0.5, 0.6) is 0 Å². The highest BCUT2D eigenvalue weighted by Crippen LogP contribution is 2.45. The van der Waals surface area contributed by atoms with Crippen LogP contribution >= 0.6 is 0 Å². The van der Waals surface area contributed by atoms with Gasteiger partial charge in [-0.1, -0.05) is 24.3 Å². The summed E-state index contributed by atoms with van der Waals surface area (Å²) in [5, 5.41) is 13.6. The van der Waals surface area contributed by atoms with Crippen molar-refractivity contribution in [2.75, 3.05) is 7.05 Å². The van der Waals surface area contributed by atoms with Gasteiger partial charge >= 0.3 is 0 Å². The van der Waals surface area contributed by atoms with Crippen molar-refractivity contribution in [3.8, 4) is 0 Å². The largest absolute Gasteiger partial charge is 0.456 e. The van der Waals surface area contributed by atoms with E-state index in [1.54, 1.807) is 0 Å². The van der Waals surface area contributed by atoms with Crippen LogP contribution in [0.3, 0.4) is 0 Å². The highest BCUT2D eigenvalue weighted by molar-refractivity contribution is 6.05. The lowest BCUT2D eigenvalue weighted by Gasteiger charge is -2.42. The molecular formula is C20H21NO2. The first-order valence-corrected chi connectivity index (χ1v) is 8.50. The topological polar surface area (TPSA) is 36.6 Å². The summed E-state index contributed by atoms with van der Waals surface area (Å²) >= 11 is 0. The molecule has 2 saturated heterocycles. The average molecular weight is 307 g/mol. The first-order chi connectivity index (χ1) is 11.1. The maximum atomic E-state index is 11.4. The van der Waals surface area contributed by atoms with Crippen LogP contribution in [-0.4, -0.2) is 29.1 Å². The molecule has 2 aliphatic heterocycles. The Morgan fingerprint density at radius 2 is 1.70 bits per heavy atom. The van der Waals surface area contributed by atoms with Crippen LogP contribution in [0.15, 0.2) is 46.9 Å². The van der Waals surface area contributed by atoms with E-state index in [1.165, 1.54) is 12.8 Å². The monoisotopic (exact) mass is 307 g/mol. The number of para-hydroxylation sites is 1. The number of hydrogen-bond acceptors (Lipinski definition) is 3. The summed E-state index contributed by atoms with van der Waals surface area (Å²) in [5.41, 5.74) is 2.15. The summed E-state index contributed by atoms with van der Waals surface area (Å²) in [6, 6.07) is 15.4. The van der Waals surface area contributed by atoms with Crippen molar-refractivity contribution in [2.24, 2.45) is 0 Å². The number of furan rings is 1. The highest BCUT2D eigenvalue weighted by atomic mass is 16.3. The lowest BCUT2D eigenvalue weighted by molar-refractivity contribution is -0.0492. The molecule has 23 heavy (non-hydrogen) atoms. The summed E-state index contributed by atoms with van der Waals surface area (Å²) in [4.78, 5) is 2.46. The Kier molecular flexibility index (Phi) is 2.71. The summed E-state index contributed by atoms with van der Waals surface area (Å²) < 4.78 is 5.91. The zero-order valence-electron chi connectivity index (χ0n) is 13.3. The van der Waals surface area contributed by atoms with Crippen LogP contribution in [0, 0.1) is 0 Å². The number of benzene rings is 2. The second kappa shape index (κ2) is 4.59. The van der Waals surface area contributed by atoms with Gasteiger partial charge in [0.1, 0.15) is 11.2 Å². The van der Waals surface area contributed by atoms with E-state index in [4.69, 9.17) is 4.42 Å². The Bertz CT molecular complexity index is 883. The van der Waals surface area contributed by atoms with E-state index >= 15 is 0 Å². The molecule has 5 rings (SSSR count). The molecule has 2 unspecified atom stereocenters. The second-order valence-corrected chi connectivity index (χ2v) is 7.30. The van der Waals surface area contributed by atoms with E-state index in [0.717, 1.165) is 40.3 Å². The van der Waals surface area contributed by atoms with Crippen LogP contribution in [-0.2, 0) is 5.60 Å². The number of rotatable bonds is 1. The molecule has 3 heteroatoms. The minimum atomic E-state index is -0.703. The van der Waals surface area contributed by atoms with E-state index < -0.39 is 5.60 Å². The summed E-state index contributed by atoms with van der Waals surface area (Å²) in [5.74, 6) is 0. The van der Waals surface area contributed by atoms with E-state index in [2.05, 4.69) is 30.1 Å². The number of nitrogens with zero attached hydrogens (tertiary/aromatic N) is 1. The van der Waals surface area contributed by atoms with Gasteiger partial charge in [-0.05, 0) is 56.5 Å². The minimum Gasteiger partial charge on any atom is -0.456 e. The van der Waals surface area contributed by atoms with Gasteiger partial charge in [0, 0.05) is 22.9 Å². The van der Waals surface area contributed by atoms with Crippen LogP contribution in [0.25, 0.3) is 21.9 Å². The summed E-state index contributed by atoms with van der Waals surface area (Å²) in [7, 11) is 2.20. The molecule has 0 saturated carbocycles. The maximum Gasteiger partial charge on any atom is 0.135 e. The highest BCUT2D eigenvalue weighted by Gasteiger charge is 2.46. The van der Waals surface area contributed by atoms with Crippen molar-refractivity contribution in [3.63, 3.8) is 0 Å². The molecule has 1 N–H and O–H groups in total. The standard InChI is InChI=1S/C20H21NO2/c1-21-14-7-8-15(21)12-20(22,11-14)13-6-9-19-17(10-13)16-4-2-3-5-18(16)23-19/h2-6,9-10,14-15,22H,7-8,11-12H2,1H3. The van der Waals surface area contributed by atoms with Crippen LogP contribution in [0.4, 0.5) is 0 Å². The molecule has 3 heterocycles. The molecule has 2 aliphatic rings. The van der Waals surface area contributed by atoms with E-state index in [-0.39, 0.29) is 0 Å². The molecule has 2 fully saturated rings. The lowest BCUT2D eigenvalue weighted by atomic mass is 9.80. The maximum absolute atomic E-state index is 11.4. The number of piperidine rings is 1. The summed E-state index contributed by atoms with van der Waals surface area (Å²) in [6.45, 7) is 0. The molecule has 2 aromatic carbocycles. The summed E-state index contributed by atoms with van der Waals surface area (Å²) in [6.07, 6.45) is 4.09. The molecule has 0 amide bonds. The molecule has 2 atom stereocenters. The van der Waals surface area contributed by atoms with Gasteiger partial charge in [0.2, 0.25) is 0 Å². The smallest absolute Gasteiger partial charge is 0.135 e. The quantitative estimate of drug-likeness (QED) is 0.737. The van der Waals surface area contributed by atoms with E-state index in [9.17, 15) is 5.11 Å². The molecule has 3 nitrogen and oxygen atoms in total. The fourth-order valence-electron chi connectivity index (χ4n) is 4.70. The Labute approximate surface area is 135 Å². The third-order valence-corrected chi connectivity index (χ3v) is 6.05. The van der Waals surface area contributed by atoms with Gasteiger partial charge in [-0.2, -0.15) is 0 Å². The number of aliphatic hydroxyl groups is 1. The first kappa shape index (κ1) is 13.6. The Balaban J connectivity index is 1.64. The zero-order chi connectivity index (χ0) is 15.6. The number of hydrogen-bond donors (Lipinski definition) is 1. The van der Waals surface area contributed by atoms with Crippen molar-refractivity contribution in [1.82, 2.24) is 4.90 Å². The van der Waals surface area contributed by atoms with Crippen LogP contribution in [0.2, 0.25) is 0 Å². The van der Waals surface area contributed by atoms with E-state index in [1.807, 2.05) is 24.3 Å². The van der Waals surface area contributed by atoms with Crippen LogP contribution in [0.1, 0.15) is 31.2 Å². The van der Waals surface area contributed by atoms with Crippen molar-refractivity contribution in [1.29, 1.82) is 0 Å². The average Bonchev–Trinajstić information content (AvgIpc) is 3.02. The van der Waals surface area contributed by atoms with Crippen molar-refractivity contribution in [3.05, 3.63) is 48.0 Å². The van der Waals surface area contributed by atoms with Crippen LogP contribution < -0.4 is 0 Å². The number of fused-ring (bicyclic) bond motifs is 5. The molecule has 0 radical (unpaired) electrons. The van der Waals surface area contributed by atoms with Gasteiger partial charge in [-0.15, -0.1) is 0 Å².